The molecule has 1 saturated heterocycles. The summed E-state index contributed by atoms with van der Waals surface area (Å²) >= 11 is 0. The smallest absolute Gasteiger partial charge is 0.315 e. The summed E-state index contributed by atoms with van der Waals surface area (Å²) in [6, 6.07) is 16.7. The van der Waals surface area contributed by atoms with Gasteiger partial charge >= 0.3 is 5.97 Å². The predicted octanol–water partition coefficient (Wildman–Crippen LogP) is 3.65. The highest BCUT2D eigenvalue weighted by Gasteiger charge is 2.21. The molecule has 0 aliphatic carbocycles. The van der Waals surface area contributed by atoms with Crippen LogP contribution in [0.15, 0.2) is 48.5 Å². The molecule has 2 aromatic rings. The van der Waals surface area contributed by atoms with E-state index in [4.69, 9.17) is 4.74 Å². The van der Waals surface area contributed by atoms with Crippen LogP contribution in [0.25, 0.3) is 0 Å². The predicted molar refractivity (Wildman–Crippen MR) is 117 cm³/mol. The summed E-state index contributed by atoms with van der Waals surface area (Å²) in [6.07, 6.45) is 1.98. The van der Waals surface area contributed by atoms with Crippen molar-refractivity contribution in [1.82, 2.24) is 5.32 Å². The van der Waals surface area contributed by atoms with Crippen LogP contribution in [-0.2, 0) is 20.9 Å². The number of hydrogen-bond donors (Lipinski definition) is 1. The second-order valence-electron chi connectivity index (χ2n) is 7.46. The Hall–Kier alpha value is -3.02. The lowest BCUT2D eigenvalue weighted by molar-refractivity contribution is -0.143. The highest BCUT2D eigenvalue weighted by atomic mass is 16.5. The van der Waals surface area contributed by atoms with Crippen molar-refractivity contribution in [1.29, 1.82) is 0 Å². The van der Waals surface area contributed by atoms with E-state index in [9.17, 15) is 9.59 Å². The van der Waals surface area contributed by atoms with Crippen molar-refractivity contribution < 1.29 is 19.1 Å². The molecule has 1 aliphatic rings. The number of ether oxygens (including phenoxy) is 2. The van der Waals surface area contributed by atoms with Crippen LogP contribution in [0.3, 0.4) is 0 Å². The van der Waals surface area contributed by atoms with E-state index in [-0.39, 0.29) is 12.3 Å². The maximum Gasteiger partial charge on any atom is 0.315 e. The number of nitrogens with one attached hydrogen (secondary N) is 1. The van der Waals surface area contributed by atoms with Gasteiger partial charge in [0.25, 0.3) is 0 Å². The van der Waals surface area contributed by atoms with Gasteiger partial charge in [0.05, 0.1) is 13.7 Å². The zero-order chi connectivity index (χ0) is 21.3. The Kier molecular flexibility index (Phi) is 7.71. The molecule has 6 heteroatoms. The average Bonchev–Trinajstić information content (AvgIpc) is 2.79. The minimum atomic E-state index is -0.528. The molecule has 0 bridgehead atoms. The Labute approximate surface area is 178 Å². The van der Waals surface area contributed by atoms with E-state index in [0.29, 0.717) is 19.1 Å². The average molecular weight is 411 g/mol. The summed E-state index contributed by atoms with van der Waals surface area (Å²) in [6.45, 7) is 5.15. The standard InChI is InChI=1S/C24H30N2O4/c1-3-30-22-10-8-21(9-11-22)26-14-12-20(13-15-26)19-6-4-18(5-7-19)17-25-23(27)16-24(28)29-2/h4-11,20H,3,12-17H2,1-2H3,(H,25,27). The maximum atomic E-state index is 11.7. The molecule has 1 fully saturated rings. The van der Waals surface area contributed by atoms with E-state index in [2.05, 4.69) is 39.2 Å². The lowest BCUT2D eigenvalue weighted by Crippen LogP contribution is -2.32. The Bertz CT molecular complexity index is 825. The van der Waals surface area contributed by atoms with Gasteiger partial charge in [-0.1, -0.05) is 24.3 Å². The fourth-order valence-electron chi connectivity index (χ4n) is 3.76. The van der Waals surface area contributed by atoms with Crippen molar-refractivity contribution in [3.8, 4) is 5.75 Å². The Morgan fingerprint density at radius 2 is 1.70 bits per heavy atom. The topological polar surface area (TPSA) is 67.9 Å². The van der Waals surface area contributed by atoms with Gasteiger partial charge in [-0.25, -0.2) is 0 Å². The van der Waals surface area contributed by atoms with Crippen molar-refractivity contribution in [3.63, 3.8) is 0 Å². The number of piperidine rings is 1. The van der Waals surface area contributed by atoms with Crippen LogP contribution in [0, 0.1) is 0 Å². The minimum Gasteiger partial charge on any atom is -0.494 e. The summed E-state index contributed by atoms with van der Waals surface area (Å²) in [5.74, 6) is 0.608. The van der Waals surface area contributed by atoms with Crippen LogP contribution in [-0.4, -0.2) is 38.7 Å². The summed E-state index contributed by atoms with van der Waals surface area (Å²) in [7, 11) is 1.27. The zero-order valence-corrected chi connectivity index (χ0v) is 17.7. The van der Waals surface area contributed by atoms with E-state index >= 15 is 0 Å². The molecular formula is C24H30N2O4. The van der Waals surface area contributed by atoms with Gasteiger partial charge in [-0.15, -0.1) is 0 Å². The van der Waals surface area contributed by atoms with Gasteiger partial charge in [0.1, 0.15) is 12.2 Å². The van der Waals surface area contributed by atoms with E-state index in [1.807, 2.05) is 31.2 Å². The third-order valence-electron chi connectivity index (χ3n) is 5.48. The number of amides is 1. The van der Waals surface area contributed by atoms with Gasteiger partial charge in [-0.2, -0.15) is 0 Å². The van der Waals surface area contributed by atoms with Crippen molar-refractivity contribution in [2.24, 2.45) is 0 Å². The molecule has 2 aromatic carbocycles. The fraction of sp³-hybridized carbons (Fsp3) is 0.417. The first kappa shape index (κ1) is 21.7. The lowest BCUT2D eigenvalue weighted by Gasteiger charge is -2.34. The molecule has 0 atom stereocenters. The van der Waals surface area contributed by atoms with Gasteiger partial charge in [0.15, 0.2) is 0 Å². The monoisotopic (exact) mass is 410 g/mol. The Morgan fingerprint density at radius 3 is 2.30 bits per heavy atom. The highest BCUT2D eigenvalue weighted by Crippen LogP contribution is 2.31. The van der Waals surface area contributed by atoms with Crippen molar-refractivity contribution in [2.75, 3.05) is 31.7 Å². The quantitative estimate of drug-likeness (QED) is 0.532. The second kappa shape index (κ2) is 10.7. The van der Waals surface area contributed by atoms with Gasteiger partial charge in [-0.3, -0.25) is 9.59 Å². The molecular weight excluding hydrogens is 380 g/mol. The summed E-state index contributed by atoms with van der Waals surface area (Å²) in [5.41, 5.74) is 3.60. The number of esters is 1. The van der Waals surface area contributed by atoms with Crippen LogP contribution in [0.2, 0.25) is 0 Å². The van der Waals surface area contributed by atoms with Crippen LogP contribution < -0.4 is 15.0 Å². The molecule has 0 spiro atoms. The normalized spacial score (nSPS) is 14.3. The molecule has 1 N–H and O–H groups in total. The first-order chi connectivity index (χ1) is 14.6. The number of benzene rings is 2. The number of anilines is 1. The third kappa shape index (κ3) is 5.99. The molecule has 30 heavy (non-hydrogen) atoms. The van der Waals surface area contributed by atoms with E-state index in [1.165, 1.54) is 18.4 Å². The maximum absolute atomic E-state index is 11.7. The van der Waals surface area contributed by atoms with Crippen LogP contribution >= 0.6 is 0 Å². The van der Waals surface area contributed by atoms with Gasteiger partial charge < -0.3 is 19.7 Å². The second-order valence-corrected chi connectivity index (χ2v) is 7.46. The Morgan fingerprint density at radius 1 is 1.03 bits per heavy atom. The third-order valence-corrected chi connectivity index (χ3v) is 5.48. The van der Waals surface area contributed by atoms with Crippen LogP contribution in [0.4, 0.5) is 5.69 Å². The molecule has 1 aliphatic heterocycles. The van der Waals surface area contributed by atoms with E-state index in [1.54, 1.807) is 0 Å². The molecule has 1 amide bonds. The molecule has 160 valence electrons. The van der Waals surface area contributed by atoms with Crippen LogP contribution in [0.1, 0.15) is 43.2 Å². The zero-order valence-electron chi connectivity index (χ0n) is 17.7. The number of methoxy groups -OCH3 is 1. The molecule has 0 unspecified atom stereocenters. The number of hydrogen-bond acceptors (Lipinski definition) is 5. The van der Waals surface area contributed by atoms with Gasteiger partial charge in [0, 0.05) is 25.3 Å². The SMILES string of the molecule is CCOc1ccc(N2CCC(c3ccc(CNC(=O)CC(=O)OC)cc3)CC2)cc1. The van der Waals surface area contributed by atoms with Crippen molar-refractivity contribution in [2.45, 2.75) is 38.6 Å². The molecule has 6 nitrogen and oxygen atoms in total. The van der Waals surface area contributed by atoms with Gasteiger partial charge in [0.2, 0.25) is 5.91 Å². The van der Waals surface area contributed by atoms with Gasteiger partial charge in [-0.05, 0) is 61.1 Å². The largest absolute Gasteiger partial charge is 0.494 e. The molecule has 0 aromatic heterocycles. The van der Waals surface area contributed by atoms with Crippen molar-refractivity contribution >= 4 is 17.6 Å². The molecule has 3 rings (SSSR count). The number of nitrogens with zero attached hydrogens (tertiary/aromatic N) is 1. The minimum absolute atomic E-state index is 0.248. The van der Waals surface area contributed by atoms with E-state index in [0.717, 1.165) is 37.2 Å². The summed E-state index contributed by atoms with van der Waals surface area (Å²) < 4.78 is 10.0. The highest BCUT2D eigenvalue weighted by molar-refractivity contribution is 5.94. The first-order valence-electron chi connectivity index (χ1n) is 10.5. The molecule has 1 heterocycles. The van der Waals surface area contributed by atoms with Crippen molar-refractivity contribution in [3.05, 3.63) is 59.7 Å². The number of rotatable bonds is 8. The van der Waals surface area contributed by atoms with Crippen LogP contribution in [0.5, 0.6) is 5.75 Å². The molecule has 0 radical (unpaired) electrons. The summed E-state index contributed by atoms with van der Waals surface area (Å²) in [4.78, 5) is 25.2. The first-order valence-corrected chi connectivity index (χ1v) is 10.5. The molecule has 0 saturated carbocycles. The number of carbonyl (C=O) groups is 2. The number of carbonyl (C=O) groups excluding carboxylic acids is 2. The lowest BCUT2D eigenvalue weighted by atomic mass is 9.89. The van der Waals surface area contributed by atoms with E-state index < -0.39 is 5.97 Å². The summed E-state index contributed by atoms with van der Waals surface area (Å²) in [5, 5.41) is 2.74. The Balaban J connectivity index is 1.47. The fourth-order valence-corrected chi connectivity index (χ4v) is 3.76.